The Morgan fingerprint density at radius 1 is 0.964 bits per heavy atom. The summed E-state index contributed by atoms with van der Waals surface area (Å²) in [5, 5.41) is 4.14. The number of hydrogen-bond donors (Lipinski definition) is 1. The minimum atomic E-state index is -0.391. The average molecular weight is 424 g/mol. The van der Waals surface area contributed by atoms with E-state index in [1.54, 1.807) is 18.4 Å². The van der Waals surface area contributed by atoms with Crippen LogP contribution in [0.15, 0.2) is 53.1 Å². The second-order valence-corrected chi connectivity index (χ2v) is 6.85. The Morgan fingerprint density at radius 2 is 1.75 bits per heavy atom. The summed E-state index contributed by atoms with van der Waals surface area (Å²) >= 11 is 12.5. The molecule has 0 aliphatic rings. The van der Waals surface area contributed by atoms with Crippen LogP contribution in [0.3, 0.4) is 0 Å². The van der Waals surface area contributed by atoms with Crippen LogP contribution in [-0.2, 0) is 19.7 Å². The Hall–Kier alpha value is -2.21. The van der Waals surface area contributed by atoms with Gasteiger partial charge in [-0.05, 0) is 42.8 Å². The van der Waals surface area contributed by atoms with Gasteiger partial charge in [-0.15, -0.1) is 0 Å². The number of ether oxygens (including phenoxy) is 2. The van der Waals surface area contributed by atoms with Crippen LogP contribution in [0.5, 0.6) is 11.5 Å². The summed E-state index contributed by atoms with van der Waals surface area (Å²) in [6, 6.07) is 11.5. The quantitative estimate of drug-likeness (QED) is 0.458. The SMILES string of the molecule is CCOc1cc(CNCc2ccco2)c(Cl)cc1OCc1ccc(F)cc1Cl. The summed E-state index contributed by atoms with van der Waals surface area (Å²) in [5.41, 5.74) is 1.55. The van der Waals surface area contributed by atoms with E-state index in [4.69, 9.17) is 37.1 Å². The van der Waals surface area contributed by atoms with Gasteiger partial charge >= 0.3 is 0 Å². The van der Waals surface area contributed by atoms with Crippen LogP contribution in [0.4, 0.5) is 4.39 Å². The molecule has 0 saturated carbocycles. The molecule has 1 heterocycles. The summed E-state index contributed by atoms with van der Waals surface area (Å²) in [7, 11) is 0. The maximum absolute atomic E-state index is 13.2. The van der Waals surface area contributed by atoms with E-state index in [1.807, 2.05) is 25.1 Å². The summed E-state index contributed by atoms with van der Waals surface area (Å²) in [5.74, 6) is 1.54. The van der Waals surface area contributed by atoms with Gasteiger partial charge in [0.15, 0.2) is 11.5 Å². The molecular formula is C21H20Cl2FNO3. The lowest BCUT2D eigenvalue weighted by atomic mass is 10.2. The molecule has 0 aliphatic carbocycles. The normalized spacial score (nSPS) is 10.9. The summed E-state index contributed by atoms with van der Waals surface area (Å²) < 4.78 is 30.0. The number of nitrogens with one attached hydrogen (secondary N) is 1. The fraction of sp³-hybridized carbons (Fsp3) is 0.238. The molecule has 0 atom stereocenters. The molecule has 1 aromatic heterocycles. The first kappa shape index (κ1) is 20.5. The van der Waals surface area contributed by atoms with Crippen molar-refractivity contribution in [2.24, 2.45) is 0 Å². The standard InChI is InChI=1S/C21H20Cl2FNO3/c1-2-26-20-8-15(11-25-12-17-4-3-7-27-17)19(23)10-21(20)28-13-14-5-6-16(24)9-18(14)22/h3-10,25H,2,11-13H2,1H3. The van der Waals surface area contributed by atoms with E-state index in [0.29, 0.717) is 46.8 Å². The molecule has 3 aromatic rings. The van der Waals surface area contributed by atoms with Crippen LogP contribution in [-0.4, -0.2) is 6.61 Å². The Bertz CT molecular complexity index is 916. The van der Waals surface area contributed by atoms with E-state index < -0.39 is 5.82 Å². The van der Waals surface area contributed by atoms with Crippen molar-refractivity contribution >= 4 is 23.2 Å². The van der Waals surface area contributed by atoms with Crippen LogP contribution in [0.25, 0.3) is 0 Å². The van der Waals surface area contributed by atoms with Crippen molar-refractivity contribution in [2.45, 2.75) is 26.6 Å². The molecule has 1 N–H and O–H groups in total. The lowest BCUT2D eigenvalue weighted by molar-refractivity contribution is 0.269. The van der Waals surface area contributed by atoms with Crippen LogP contribution in [0.2, 0.25) is 10.0 Å². The highest BCUT2D eigenvalue weighted by Gasteiger charge is 2.13. The zero-order valence-corrected chi connectivity index (χ0v) is 16.8. The molecule has 7 heteroatoms. The highest BCUT2D eigenvalue weighted by Crippen LogP contribution is 2.34. The lowest BCUT2D eigenvalue weighted by Crippen LogP contribution is -2.13. The molecule has 3 rings (SSSR count). The number of furan rings is 1. The first-order valence-electron chi connectivity index (χ1n) is 8.82. The fourth-order valence-electron chi connectivity index (χ4n) is 2.62. The van der Waals surface area contributed by atoms with Gasteiger partial charge in [0.25, 0.3) is 0 Å². The van der Waals surface area contributed by atoms with Crippen molar-refractivity contribution in [3.05, 3.63) is 81.5 Å². The van der Waals surface area contributed by atoms with Crippen molar-refractivity contribution in [2.75, 3.05) is 6.61 Å². The summed E-state index contributed by atoms with van der Waals surface area (Å²) in [4.78, 5) is 0. The summed E-state index contributed by atoms with van der Waals surface area (Å²) in [6.45, 7) is 3.68. The minimum Gasteiger partial charge on any atom is -0.490 e. The highest BCUT2D eigenvalue weighted by atomic mass is 35.5. The molecule has 0 spiro atoms. The van der Waals surface area contributed by atoms with Crippen molar-refractivity contribution in [3.8, 4) is 11.5 Å². The van der Waals surface area contributed by atoms with Crippen LogP contribution in [0, 0.1) is 5.82 Å². The maximum Gasteiger partial charge on any atom is 0.163 e. The number of halogens is 3. The topological polar surface area (TPSA) is 43.6 Å². The average Bonchev–Trinajstić information content (AvgIpc) is 3.17. The van der Waals surface area contributed by atoms with Crippen molar-refractivity contribution in [3.63, 3.8) is 0 Å². The van der Waals surface area contributed by atoms with Crippen LogP contribution in [0.1, 0.15) is 23.8 Å². The Morgan fingerprint density at radius 3 is 2.46 bits per heavy atom. The van der Waals surface area contributed by atoms with Gasteiger partial charge in [0, 0.05) is 23.2 Å². The Balaban J connectivity index is 1.70. The van der Waals surface area contributed by atoms with Gasteiger partial charge in [0.05, 0.1) is 24.4 Å². The number of rotatable bonds is 9. The Kier molecular flexibility index (Phi) is 7.20. The minimum absolute atomic E-state index is 0.172. The lowest BCUT2D eigenvalue weighted by Gasteiger charge is -2.15. The van der Waals surface area contributed by atoms with Crippen molar-refractivity contribution in [1.29, 1.82) is 0 Å². The smallest absolute Gasteiger partial charge is 0.163 e. The molecule has 148 valence electrons. The molecule has 0 radical (unpaired) electrons. The van der Waals surface area contributed by atoms with Crippen LogP contribution < -0.4 is 14.8 Å². The Labute approximate surface area is 173 Å². The number of benzene rings is 2. The van der Waals surface area contributed by atoms with Crippen molar-refractivity contribution in [1.82, 2.24) is 5.32 Å². The molecule has 0 saturated heterocycles. The fourth-order valence-corrected chi connectivity index (χ4v) is 3.06. The summed E-state index contributed by atoms with van der Waals surface area (Å²) in [6.07, 6.45) is 1.64. The highest BCUT2D eigenvalue weighted by molar-refractivity contribution is 6.31. The third-order valence-electron chi connectivity index (χ3n) is 4.01. The van der Waals surface area contributed by atoms with Crippen LogP contribution >= 0.6 is 23.2 Å². The first-order chi connectivity index (χ1) is 13.6. The van der Waals surface area contributed by atoms with Gasteiger partial charge < -0.3 is 19.2 Å². The van der Waals surface area contributed by atoms with Gasteiger partial charge in [-0.25, -0.2) is 4.39 Å². The van der Waals surface area contributed by atoms with E-state index in [-0.39, 0.29) is 6.61 Å². The monoisotopic (exact) mass is 423 g/mol. The van der Waals surface area contributed by atoms with E-state index in [1.165, 1.54) is 12.1 Å². The predicted octanol–water partition coefficient (Wildman–Crippen LogP) is 5.99. The molecule has 0 aliphatic heterocycles. The third kappa shape index (κ3) is 5.41. The molecule has 0 amide bonds. The zero-order chi connectivity index (χ0) is 19.9. The van der Waals surface area contributed by atoms with E-state index >= 15 is 0 Å². The molecule has 28 heavy (non-hydrogen) atoms. The molecule has 2 aromatic carbocycles. The predicted molar refractivity (Wildman–Crippen MR) is 108 cm³/mol. The van der Waals surface area contributed by atoms with Gasteiger partial charge in [0.1, 0.15) is 18.2 Å². The van der Waals surface area contributed by atoms with Gasteiger partial charge in [-0.1, -0.05) is 29.3 Å². The van der Waals surface area contributed by atoms with E-state index in [0.717, 1.165) is 11.3 Å². The second kappa shape index (κ2) is 9.82. The van der Waals surface area contributed by atoms with Gasteiger partial charge in [0.2, 0.25) is 0 Å². The van der Waals surface area contributed by atoms with Gasteiger partial charge in [-0.3, -0.25) is 0 Å². The van der Waals surface area contributed by atoms with Gasteiger partial charge in [-0.2, -0.15) is 0 Å². The molecular weight excluding hydrogens is 404 g/mol. The molecule has 0 fully saturated rings. The first-order valence-corrected chi connectivity index (χ1v) is 9.57. The van der Waals surface area contributed by atoms with Crippen molar-refractivity contribution < 1.29 is 18.3 Å². The third-order valence-corrected chi connectivity index (χ3v) is 4.71. The zero-order valence-electron chi connectivity index (χ0n) is 15.3. The molecule has 0 unspecified atom stereocenters. The molecule has 0 bridgehead atoms. The van der Waals surface area contributed by atoms with E-state index in [2.05, 4.69) is 5.32 Å². The maximum atomic E-state index is 13.2. The van der Waals surface area contributed by atoms with E-state index in [9.17, 15) is 4.39 Å². The molecule has 4 nitrogen and oxygen atoms in total. The second-order valence-electron chi connectivity index (χ2n) is 6.03. The number of hydrogen-bond acceptors (Lipinski definition) is 4. The largest absolute Gasteiger partial charge is 0.490 e.